The highest BCUT2D eigenvalue weighted by Gasteiger charge is 2.25. The van der Waals surface area contributed by atoms with Gasteiger partial charge in [0, 0.05) is 0 Å². The molecular weight excluding hydrogens is 318 g/mol. The van der Waals surface area contributed by atoms with Crippen LogP contribution in [0.15, 0.2) is 10.3 Å². The third-order valence-electron chi connectivity index (χ3n) is 4.92. The molecule has 7 heteroatoms. The molecule has 0 radical (unpaired) electrons. The van der Waals surface area contributed by atoms with E-state index in [1.165, 1.54) is 0 Å². The van der Waals surface area contributed by atoms with E-state index in [0.29, 0.717) is 18.2 Å². The van der Waals surface area contributed by atoms with Crippen LogP contribution in [0.3, 0.4) is 0 Å². The zero-order valence-electron chi connectivity index (χ0n) is 16.9. The third-order valence-corrected chi connectivity index (χ3v) is 4.92. The van der Waals surface area contributed by atoms with Gasteiger partial charge in [-0.3, -0.25) is 0 Å². The second-order valence-corrected chi connectivity index (χ2v) is 7.91. The van der Waals surface area contributed by atoms with Crippen molar-refractivity contribution in [3.05, 3.63) is 0 Å². The number of hydrogen-bond donors (Lipinski definition) is 5. The first-order chi connectivity index (χ1) is 11.6. The molecule has 0 fully saturated rings. The summed E-state index contributed by atoms with van der Waals surface area (Å²) in [5, 5.41) is 31.9. The Morgan fingerprint density at radius 2 is 1.56 bits per heavy atom. The molecule has 0 saturated heterocycles. The molecule has 1 unspecified atom stereocenters. The fraction of sp³-hybridized carbons (Fsp3) is 0.889. The quantitative estimate of drug-likeness (QED) is 0.150. The number of nitrogens with zero attached hydrogens (tertiary/aromatic N) is 2. The first-order valence-electron chi connectivity index (χ1n) is 9.21. The van der Waals surface area contributed by atoms with Crippen LogP contribution < -0.4 is 16.4 Å². The van der Waals surface area contributed by atoms with Crippen molar-refractivity contribution in [3.63, 3.8) is 0 Å². The largest absolute Gasteiger partial charge is 0.411 e. The summed E-state index contributed by atoms with van der Waals surface area (Å²) in [6, 6.07) is 0. The zero-order valence-corrected chi connectivity index (χ0v) is 16.9. The van der Waals surface area contributed by atoms with Crippen molar-refractivity contribution in [2.45, 2.75) is 78.3 Å². The maximum Gasteiger partial charge on any atom is 0.0765 e. The molecular formula is C18H39N5O2. The van der Waals surface area contributed by atoms with Crippen LogP contribution in [0.1, 0.15) is 67.2 Å². The minimum Gasteiger partial charge on any atom is -0.411 e. The Morgan fingerprint density at radius 3 is 2.04 bits per heavy atom. The van der Waals surface area contributed by atoms with Crippen LogP contribution in [0.2, 0.25) is 0 Å². The average molecular weight is 358 g/mol. The summed E-state index contributed by atoms with van der Waals surface area (Å²) in [6.07, 6.45) is 3.63. The summed E-state index contributed by atoms with van der Waals surface area (Å²) < 4.78 is 0. The second kappa shape index (κ2) is 11.4. The summed E-state index contributed by atoms with van der Waals surface area (Å²) >= 11 is 0. The smallest absolute Gasteiger partial charge is 0.0765 e. The minimum atomic E-state index is -0.352. The van der Waals surface area contributed by atoms with E-state index in [1.54, 1.807) is 6.92 Å². The maximum absolute atomic E-state index is 9.38. The first kappa shape index (κ1) is 23.8. The number of nitrogens with two attached hydrogens (primary N) is 1. The van der Waals surface area contributed by atoms with Crippen LogP contribution >= 0.6 is 0 Å². The van der Waals surface area contributed by atoms with Crippen LogP contribution in [-0.2, 0) is 0 Å². The molecule has 0 bridgehead atoms. The normalized spacial score (nSPS) is 15.5. The number of oxime groups is 2. The Balaban J connectivity index is 4.29. The molecule has 148 valence electrons. The van der Waals surface area contributed by atoms with Gasteiger partial charge < -0.3 is 26.8 Å². The summed E-state index contributed by atoms with van der Waals surface area (Å²) in [4.78, 5) is 0. The van der Waals surface area contributed by atoms with Gasteiger partial charge in [0.05, 0.1) is 22.5 Å². The van der Waals surface area contributed by atoms with E-state index in [1.807, 2.05) is 27.7 Å². The summed E-state index contributed by atoms with van der Waals surface area (Å²) in [6.45, 7) is 14.3. The van der Waals surface area contributed by atoms with Gasteiger partial charge in [0.25, 0.3) is 0 Å². The highest BCUT2D eigenvalue weighted by Crippen LogP contribution is 2.16. The molecule has 0 rings (SSSR count). The van der Waals surface area contributed by atoms with Crippen LogP contribution in [0.5, 0.6) is 0 Å². The van der Waals surface area contributed by atoms with Crippen LogP contribution in [0.25, 0.3) is 0 Å². The van der Waals surface area contributed by atoms with Crippen molar-refractivity contribution in [2.75, 3.05) is 19.6 Å². The van der Waals surface area contributed by atoms with E-state index in [0.717, 1.165) is 44.5 Å². The predicted molar refractivity (Wildman–Crippen MR) is 105 cm³/mol. The standard InChI is InChI=1S/C18H39N5O2/c1-14(10-11-19)8-9-16(23-25)18(5,6)21-13-7-12-20-17(3,4)15(2)22-24/h14,20-21,24-25H,7-13,19H2,1-6H3. The molecule has 0 amide bonds. The molecule has 0 aliphatic rings. The molecule has 0 aliphatic heterocycles. The van der Waals surface area contributed by atoms with Crippen molar-refractivity contribution >= 4 is 11.4 Å². The maximum atomic E-state index is 9.38. The van der Waals surface area contributed by atoms with Gasteiger partial charge in [-0.1, -0.05) is 17.2 Å². The molecule has 6 N–H and O–H groups in total. The van der Waals surface area contributed by atoms with Gasteiger partial charge >= 0.3 is 0 Å². The van der Waals surface area contributed by atoms with Crippen molar-refractivity contribution in [2.24, 2.45) is 22.0 Å². The van der Waals surface area contributed by atoms with Crippen LogP contribution in [0.4, 0.5) is 0 Å². The average Bonchev–Trinajstić information content (AvgIpc) is 2.54. The SMILES string of the molecule is CC(=NO)C(C)(C)NCCCNC(C)(C)C(CCC(C)CCN)=NO. The Morgan fingerprint density at radius 1 is 1.00 bits per heavy atom. The Bertz CT molecular complexity index is 433. The van der Waals surface area contributed by atoms with E-state index >= 15 is 0 Å². The lowest BCUT2D eigenvalue weighted by Gasteiger charge is -2.29. The lowest BCUT2D eigenvalue weighted by molar-refractivity contribution is 0.307. The van der Waals surface area contributed by atoms with E-state index in [9.17, 15) is 5.21 Å². The third kappa shape index (κ3) is 9.18. The Hall–Kier alpha value is -1.18. The molecule has 0 spiro atoms. The Labute approximate surface area is 153 Å². The molecule has 0 aromatic rings. The van der Waals surface area contributed by atoms with E-state index in [2.05, 4.69) is 27.9 Å². The van der Waals surface area contributed by atoms with Gasteiger partial charge in [-0.15, -0.1) is 0 Å². The van der Waals surface area contributed by atoms with E-state index in [-0.39, 0.29) is 11.1 Å². The lowest BCUT2D eigenvalue weighted by atomic mass is 9.90. The highest BCUT2D eigenvalue weighted by molar-refractivity contribution is 5.92. The summed E-state index contributed by atoms with van der Waals surface area (Å²) in [7, 11) is 0. The highest BCUT2D eigenvalue weighted by atomic mass is 16.4. The van der Waals surface area contributed by atoms with Gasteiger partial charge in [0.15, 0.2) is 0 Å². The van der Waals surface area contributed by atoms with Gasteiger partial charge in [-0.2, -0.15) is 0 Å². The van der Waals surface area contributed by atoms with Gasteiger partial charge in [0.2, 0.25) is 0 Å². The predicted octanol–water partition coefficient (Wildman–Crippen LogP) is 2.56. The number of nitrogens with one attached hydrogen (secondary N) is 2. The van der Waals surface area contributed by atoms with Crippen molar-refractivity contribution in [1.29, 1.82) is 0 Å². The number of rotatable bonds is 13. The summed E-state index contributed by atoms with van der Waals surface area (Å²) in [5.41, 5.74) is 6.33. The topological polar surface area (TPSA) is 115 Å². The van der Waals surface area contributed by atoms with Crippen LogP contribution in [0, 0.1) is 5.92 Å². The molecule has 0 aromatic carbocycles. The molecule has 7 nitrogen and oxygen atoms in total. The first-order valence-corrected chi connectivity index (χ1v) is 9.21. The molecule has 1 atom stereocenters. The minimum absolute atomic E-state index is 0.332. The fourth-order valence-electron chi connectivity index (χ4n) is 2.54. The molecule has 0 aliphatic carbocycles. The van der Waals surface area contributed by atoms with Crippen LogP contribution in [-0.4, -0.2) is 52.5 Å². The van der Waals surface area contributed by atoms with Gasteiger partial charge in [0.1, 0.15) is 0 Å². The number of hydrogen-bond acceptors (Lipinski definition) is 7. The van der Waals surface area contributed by atoms with E-state index < -0.39 is 0 Å². The molecule has 0 saturated carbocycles. The molecule has 0 heterocycles. The van der Waals surface area contributed by atoms with Crippen molar-refractivity contribution in [3.8, 4) is 0 Å². The van der Waals surface area contributed by atoms with Gasteiger partial charge in [-0.25, -0.2) is 0 Å². The molecule has 25 heavy (non-hydrogen) atoms. The lowest BCUT2D eigenvalue weighted by Crippen LogP contribution is -2.49. The van der Waals surface area contributed by atoms with Crippen molar-refractivity contribution in [1.82, 2.24) is 10.6 Å². The van der Waals surface area contributed by atoms with Crippen molar-refractivity contribution < 1.29 is 10.4 Å². The summed E-state index contributed by atoms with van der Waals surface area (Å²) in [5.74, 6) is 0.528. The fourth-order valence-corrected chi connectivity index (χ4v) is 2.54. The molecule has 0 aromatic heterocycles. The monoisotopic (exact) mass is 357 g/mol. The second-order valence-electron chi connectivity index (χ2n) is 7.91. The Kier molecular flexibility index (Phi) is 10.9. The van der Waals surface area contributed by atoms with Gasteiger partial charge in [-0.05, 0) is 85.9 Å². The zero-order chi connectivity index (χ0) is 19.5. The van der Waals surface area contributed by atoms with E-state index in [4.69, 9.17) is 10.9 Å².